The van der Waals surface area contributed by atoms with E-state index in [-0.39, 0.29) is 0 Å². The van der Waals surface area contributed by atoms with Crippen LogP contribution in [0.2, 0.25) is 0 Å². The van der Waals surface area contributed by atoms with Crippen LogP contribution in [0.15, 0.2) is 36.9 Å². The Morgan fingerprint density at radius 3 is 2.50 bits per heavy atom. The first-order valence-electron chi connectivity index (χ1n) is 5.45. The van der Waals surface area contributed by atoms with Crippen LogP contribution in [-0.2, 0) is 6.42 Å². The van der Waals surface area contributed by atoms with Crippen LogP contribution in [0.4, 0.5) is 5.69 Å². The lowest BCUT2D eigenvalue weighted by atomic mass is 10.0. The van der Waals surface area contributed by atoms with E-state index in [9.17, 15) is 0 Å². The lowest BCUT2D eigenvalue weighted by Crippen LogP contribution is -1.94. The van der Waals surface area contributed by atoms with Crippen LogP contribution in [-0.4, -0.2) is 9.97 Å². The third-order valence-corrected chi connectivity index (χ3v) is 2.56. The van der Waals surface area contributed by atoms with E-state index >= 15 is 0 Å². The monoisotopic (exact) mass is 213 g/mol. The molecule has 0 atom stereocenters. The van der Waals surface area contributed by atoms with Gasteiger partial charge in [0.1, 0.15) is 6.33 Å². The second-order valence-corrected chi connectivity index (χ2v) is 3.79. The number of hydrogen-bond donors (Lipinski definition) is 1. The molecule has 2 aromatic rings. The Morgan fingerprint density at radius 2 is 1.88 bits per heavy atom. The number of aryl methyl sites for hydroxylation is 1. The molecule has 1 aromatic heterocycles. The Bertz CT molecular complexity index is 466. The van der Waals surface area contributed by atoms with Gasteiger partial charge in [-0.25, -0.2) is 9.97 Å². The summed E-state index contributed by atoms with van der Waals surface area (Å²) in [4.78, 5) is 8.00. The summed E-state index contributed by atoms with van der Waals surface area (Å²) < 4.78 is 0. The third-order valence-electron chi connectivity index (χ3n) is 2.56. The molecule has 0 fully saturated rings. The van der Waals surface area contributed by atoms with E-state index in [1.807, 2.05) is 6.07 Å². The highest BCUT2D eigenvalue weighted by atomic mass is 14.8. The van der Waals surface area contributed by atoms with Crippen LogP contribution in [0, 0.1) is 0 Å². The highest BCUT2D eigenvalue weighted by Crippen LogP contribution is 2.23. The van der Waals surface area contributed by atoms with Crippen molar-refractivity contribution in [1.29, 1.82) is 0 Å². The average Bonchev–Trinajstić information content (AvgIpc) is 2.33. The molecule has 0 aliphatic heterocycles. The molecule has 0 aliphatic rings. The van der Waals surface area contributed by atoms with Gasteiger partial charge in [-0.05, 0) is 23.6 Å². The maximum Gasteiger partial charge on any atom is 0.115 e. The van der Waals surface area contributed by atoms with Crippen molar-refractivity contribution in [3.63, 3.8) is 0 Å². The van der Waals surface area contributed by atoms with Gasteiger partial charge in [-0.1, -0.05) is 25.5 Å². The summed E-state index contributed by atoms with van der Waals surface area (Å²) in [5.74, 6) is 0. The number of aromatic nitrogens is 2. The molecule has 2 N–H and O–H groups in total. The summed E-state index contributed by atoms with van der Waals surface area (Å²) in [5.41, 5.74) is 10.1. The molecule has 3 heteroatoms. The molecule has 82 valence electrons. The first-order chi connectivity index (χ1) is 7.81. The molecule has 3 nitrogen and oxygen atoms in total. The number of hydrogen-bond acceptors (Lipinski definition) is 3. The summed E-state index contributed by atoms with van der Waals surface area (Å²) in [6.07, 6.45) is 7.25. The first kappa shape index (κ1) is 10.6. The summed E-state index contributed by atoms with van der Waals surface area (Å²) in [6.45, 7) is 2.15. The maximum atomic E-state index is 6.00. The first-order valence-corrected chi connectivity index (χ1v) is 5.45. The Balaban J connectivity index is 2.35. The Labute approximate surface area is 95.4 Å². The fraction of sp³-hybridized carbons (Fsp3) is 0.231. The molecule has 0 saturated heterocycles. The van der Waals surface area contributed by atoms with Gasteiger partial charge in [0.15, 0.2) is 0 Å². The second kappa shape index (κ2) is 4.75. The van der Waals surface area contributed by atoms with Crippen molar-refractivity contribution < 1.29 is 0 Å². The molecule has 0 aliphatic carbocycles. The maximum absolute atomic E-state index is 6.00. The molecular weight excluding hydrogens is 198 g/mol. The van der Waals surface area contributed by atoms with Crippen molar-refractivity contribution in [2.45, 2.75) is 19.8 Å². The highest BCUT2D eigenvalue weighted by Gasteiger charge is 2.02. The summed E-state index contributed by atoms with van der Waals surface area (Å²) in [6, 6.07) is 6.14. The molecule has 0 radical (unpaired) electrons. The van der Waals surface area contributed by atoms with Crippen molar-refractivity contribution in [2.24, 2.45) is 0 Å². The largest absolute Gasteiger partial charge is 0.398 e. The fourth-order valence-electron chi connectivity index (χ4n) is 1.72. The zero-order valence-electron chi connectivity index (χ0n) is 9.35. The van der Waals surface area contributed by atoms with Crippen molar-refractivity contribution in [3.05, 3.63) is 42.5 Å². The summed E-state index contributed by atoms with van der Waals surface area (Å²) in [5, 5.41) is 0. The highest BCUT2D eigenvalue weighted by molar-refractivity contribution is 5.67. The molecular formula is C13H15N3. The topological polar surface area (TPSA) is 51.8 Å². The predicted molar refractivity (Wildman–Crippen MR) is 65.9 cm³/mol. The minimum atomic E-state index is 0.850. The van der Waals surface area contributed by atoms with Gasteiger partial charge in [-0.15, -0.1) is 0 Å². The van der Waals surface area contributed by atoms with E-state index in [1.165, 1.54) is 11.9 Å². The Kier molecular flexibility index (Phi) is 3.15. The molecule has 0 unspecified atom stereocenters. The van der Waals surface area contributed by atoms with E-state index in [4.69, 9.17) is 5.73 Å². The lowest BCUT2D eigenvalue weighted by molar-refractivity contribution is 0.924. The van der Waals surface area contributed by atoms with Crippen LogP contribution >= 0.6 is 0 Å². The van der Waals surface area contributed by atoms with Gasteiger partial charge in [-0.2, -0.15) is 0 Å². The van der Waals surface area contributed by atoms with Gasteiger partial charge >= 0.3 is 0 Å². The molecule has 0 saturated carbocycles. The SMILES string of the molecule is CCCc1ccc(-c2cncnc2)cc1N. The molecule has 1 aromatic carbocycles. The number of benzene rings is 1. The van der Waals surface area contributed by atoms with Gasteiger partial charge in [0.2, 0.25) is 0 Å². The average molecular weight is 213 g/mol. The van der Waals surface area contributed by atoms with E-state index < -0.39 is 0 Å². The van der Waals surface area contributed by atoms with Gasteiger partial charge in [0.25, 0.3) is 0 Å². The van der Waals surface area contributed by atoms with Crippen LogP contribution in [0.1, 0.15) is 18.9 Å². The van der Waals surface area contributed by atoms with E-state index in [2.05, 4.69) is 29.0 Å². The van der Waals surface area contributed by atoms with Gasteiger partial charge in [0, 0.05) is 23.6 Å². The molecule has 0 amide bonds. The molecule has 0 bridgehead atoms. The number of rotatable bonds is 3. The minimum Gasteiger partial charge on any atom is -0.398 e. The van der Waals surface area contributed by atoms with Gasteiger partial charge < -0.3 is 5.73 Å². The second-order valence-electron chi connectivity index (χ2n) is 3.79. The van der Waals surface area contributed by atoms with E-state index in [1.54, 1.807) is 12.4 Å². The van der Waals surface area contributed by atoms with Crippen LogP contribution in [0.25, 0.3) is 11.1 Å². The van der Waals surface area contributed by atoms with Crippen LogP contribution in [0.3, 0.4) is 0 Å². The van der Waals surface area contributed by atoms with Gasteiger partial charge in [-0.3, -0.25) is 0 Å². The normalized spacial score (nSPS) is 10.3. The smallest absolute Gasteiger partial charge is 0.115 e. The fourth-order valence-corrected chi connectivity index (χ4v) is 1.72. The lowest BCUT2D eigenvalue weighted by Gasteiger charge is -2.07. The van der Waals surface area contributed by atoms with Crippen molar-refractivity contribution >= 4 is 5.69 Å². The number of nitrogen functional groups attached to an aromatic ring is 1. The zero-order valence-corrected chi connectivity index (χ0v) is 9.35. The third kappa shape index (κ3) is 2.19. The van der Waals surface area contributed by atoms with Crippen LogP contribution in [0.5, 0.6) is 0 Å². The van der Waals surface area contributed by atoms with Gasteiger partial charge in [0.05, 0.1) is 0 Å². The number of nitrogens with zero attached hydrogens (tertiary/aromatic N) is 2. The van der Waals surface area contributed by atoms with E-state index in [0.717, 1.165) is 29.7 Å². The van der Waals surface area contributed by atoms with Crippen molar-refractivity contribution in [3.8, 4) is 11.1 Å². The standard InChI is InChI=1S/C13H15N3/c1-2-3-10-4-5-11(6-13(10)14)12-7-15-9-16-8-12/h4-9H,2-3,14H2,1H3. The van der Waals surface area contributed by atoms with E-state index in [0.29, 0.717) is 0 Å². The minimum absolute atomic E-state index is 0.850. The predicted octanol–water partition coefficient (Wildman–Crippen LogP) is 2.68. The van der Waals surface area contributed by atoms with Crippen molar-refractivity contribution in [1.82, 2.24) is 9.97 Å². The molecule has 16 heavy (non-hydrogen) atoms. The summed E-state index contributed by atoms with van der Waals surface area (Å²) in [7, 11) is 0. The molecule has 2 rings (SSSR count). The zero-order chi connectivity index (χ0) is 11.4. The Morgan fingerprint density at radius 1 is 1.12 bits per heavy atom. The number of nitrogens with two attached hydrogens (primary N) is 1. The molecule has 1 heterocycles. The molecule has 0 spiro atoms. The Hall–Kier alpha value is -1.90. The number of anilines is 1. The van der Waals surface area contributed by atoms with Crippen LogP contribution < -0.4 is 5.73 Å². The quantitative estimate of drug-likeness (QED) is 0.797. The van der Waals surface area contributed by atoms with Crippen molar-refractivity contribution in [2.75, 3.05) is 5.73 Å². The summed E-state index contributed by atoms with van der Waals surface area (Å²) >= 11 is 0.